The number of thiocarbonyl (C=S) groups is 1. The summed E-state index contributed by atoms with van der Waals surface area (Å²) in [4.78, 5) is 26.2. The van der Waals surface area contributed by atoms with Crippen LogP contribution in [0.5, 0.6) is 5.75 Å². The van der Waals surface area contributed by atoms with Gasteiger partial charge in [-0.15, -0.1) is 0 Å². The second kappa shape index (κ2) is 6.84. The Morgan fingerprint density at radius 3 is 2.56 bits per heavy atom. The molecular formula is C17H10Cl2N2O3S. The number of amides is 2. The number of benzene rings is 2. The number of aromatic hydroxyl groups is 1. The van der Waals surface area contributed by atoms with Crippen molar-refractivity contribution in [3.05, 3.63) is 63.6 Å². The van der Waals surface area contributed by atoms with Crippen molar-refractivity contribution < 1.29 is 14.7 Å². The molecule has 0 aliphatic carbocycles. The fourth-order valence-electron chi connectivity index (χ4n) is 2.29. The van der Waals surface area contributed by atoms with Crippen molar-refractivity contribution in [1.29, 1.82) is 0 Å². The number of nitrogens with zero attached hydrogens (tertiary/aromatic N) is 1. The summed E-state index contributed by atoms with van der Waals surface area (Å²) in [7, 11) is 0. The smallest absolute Gasteiger partial charge is 0.270 e. The largest absolute Gasteiger partial charge is 0.506 e. The minimum atomic E-state index is -0.613. The summed E-state index contributed by atoms with van der Waals surface area (Å²) in [6.07, 6.45) is 1.38. The number of hydrogen-bond donors (Lipinski definition) is 2. The van der Waals surface area contributed by atoms with Gasteiger partial charge in [0.25, 0.3) is 11.8 Å². The van der Waals surface area contributed by atoms with Crippen LogP contribution in [0, 0.1) is 0 Å². The Bertz CT molecular complexity index is 943. The maximum absolute atomic E-state index is 12.8. The van der Waals surface area contributed by atoms with Gasteiger partial charge >= 0.3 is 0 Å². The van der Waals surface area contributed by atoms with Gasteiger partial charge in [0.15, 0.2) is 5.11 Å². The predicted octanol–water partition coefficient (Wildman–Crippen LogP) is 3.53. The Hall–Kier alpha value is -2.41. The molecule has 5 nitrogen and oxygen atoms in total. The van der Waals surface area contributed by atoms with Crippen LogP contribution in [0.25, 0.3) is 6.08 Å². The first kappa shape index (κ1) is 17.4. The van der Waals surface area contributed by atoms with Crippen LogP contribution in [0.1, 0.15) is 5.56 Å². The molecule has 0 aromatic heterocycles. The maximum Gasteiger partial charge on any atom is 0.270 e. The van der Waals surface area contributed by atoms with Gasteiger partial charge < -0.3 is 5.11 Å². The first-order valence-corrected chi connectivity index (χ1v) is 8.19. The molecule has 1 saturated heterocycles. The molecule has 2 aromatic rings. The molecule has 1 aliphatic rings. The monoisotopic (exact) mass is 392 g/mol. The van der Waals surface area contributed by atoms with Gasteiger partial charge in [-0.1, -0.05) is 35.3 Å². The van der Waals surface area contributed by atoms with Crippen LogP contribution in [0.4, 0.5) is 5.69 Å². The van der Waals surface area contributed by atoms with E-state index in [0.717, 1.165) is 0 Å². The lowest BCUT2D eigenvalue weighted by Crippen LogP contribution is -2.54. The van der Waals surface area contributed by atoms with Crippen LogP contribution in [-0.2, 0) is 9.59 Å². The van der Waals surface area contributed by atoms with Crippen molar-refractivity contribution in [2.45, 2.75) is 0 Å². The Labute approximate surface area is 158 Å². The molecule has 25 heavy (non-hydrogen) atoms. The predicted molar refractivity (Wildman–Crippen MR) is 101 cm³/mol. The third kappa shape index (κ3) is 3.51. The molecule has 1 heterocycles. The average Bonchev–Trinajstić information content (AvgIpc) is 2.54. The maximum atomic E-state index is 12.8. The first-order chi connectivity index (χ1) is 11.9. The number of carbonyl (C=O) groups excluding carboxylic acids is 2. The fraction of sp³-hybridized carbons (Fsp3) is 0. The molecule has 8 heteroatoms. The van der Waals surface area contributed by atoms with E-state index in [1.807, 2.05) is 0 Å². The van der Waals surface area contributed by atoms with Crippen molar-refractivity contribution >= 4 is 64.1 Å². The summed E-state index contributed by atoms with van der Waals surface area (Å²) < 4.78 is 0. The van der Waals surface area contributed by atoms with E-state index < -0.39 is 11.8 Å². The lowest BCUT2D eigenvalue weighted by molar-refractivity contribution is -0.122. The Morgan fingerprint density at radius 2 is 1.88 bits per heavy atom. The Balaban J connectivity index is 2.03. The molecule has 1 fully saturated rings. The number of hydrogen-bond acceptors (Lipinski definition) is 4. The highest BCUT2D eigenvalue weighted by Gasteiger charge is 2.34. The molecule has 0 bridgehead atoms. The van der Waals surface area contributed by atoms with Crippen LogP contribution in [0.15, 0.2) is 48.0 Å². The Morgan fingerprint density at radius 1 is 1.12 bits per heavy atom. The van der Waals surface area contributed by atoms with Crippen LogP contribution in [0.2, 0.25) is 10.0 Å². The van der Waals surface area contributed by atoms with E-state index in [1.165, 1.54) is 29.2 Å². The minimum absolute atomic E-state index is 0.0295. The lowest BCUT2D eigenvalue weighted by Gasteiger charge is -2.29. The molecule has 1 aliphatic heterocycles. The van der Waals surface area contributed by atoms with Gasteiger partial charge in [-0.2, -0.15) is 0 Å². The van der Waals surface area contributed by atoms with Crippen LogP contribution < -0.4 is 10.2 Å². The molecule has 0 saturated carbocycles. The van der Waals surface area contributed by atoms with Crippen LogP contribution in [0.3, 0.4) is 0 Å². The zero-order valence-corrected chi connectivity index (χ0v) is 14.8. The number of nitrogens with one attached hydrogen (secondary N) is 1. The summed E-state index contributed by atoms with van der Waals surface area (Å²) in [5.74, 6) is -1.29. The second-order valence-electron chi connectivity index (χ2n) is 5.15. The number of anilines is 1. The summed E-state index contributed by atoms with van der Waals surface area (Å²) in [5, 5.41) is 12.5. The molecule has 2 N–H and O–H groups in total. The van der Waals surface area contributed by atoms with Crippen LogP contribution in [-0.4, -0.2) is 22.0 Å². The second-order valence-corrected chi connectivity index (χ2v) is 6.38. The summed E-state index contributed by atoms with van der Waals surface area (Å²) >= 11 is 16.9. The number of halogens is 2. The number of phenols is 1. The van der Waals surface area contributed by atoms with Crippen molar-refractivity contribution in [3.63, 3.8) is 0 Å². The van der Waals surface area contributed by atoms with E-state index in [0.29, 0.717) is 16.3 Å². The third-order valence-corrected chi connectivity index (χ3v) is 4.27. The summed E-state index contributed by atoms with van der Waals surface area (Å²) in [6.45, 7) is 0. The standard InChI is InChI=1S/C17H10Cl2N2O3S/c18-10-2-1-3-11(8-10)21-16(24)12(15(23)20-17(21)25)6-9-4-5-14(22)13(19)7-9/h1-8,22H,(H,20,23,25)/b12-6+. The fourth-order valence-corrected chi connectivity index (χ4v) is 2.94. The van der Waals surface area contributed by atoms with Gasteiger partial charge in [-0.25, -0.2) is 0 Å². The molecule has 0 spiro atoms. The van der Waals surface area contributed by atoms with Crippen LogP contribution >= 0.6 is 35.4 Å². The van der Waals surface area contributed by atoms with E-state index in [9.17, 15) is 14.7 Å². The number of carbonyl (C=O) groups is 2. The van der Waals surface area contributed by atoms with Gasteiger partial charge in [-0.05, 0) is 54.2 Å². The third-order valence-electron chi connectivity index (χ3n) is 3.45. The summed E-state index contributed by atoms with van der Waals surface area (Å²) in [6, 6.07) is 10.9. The Kier molecular flexibility index (Phi) is 4.76. The number of phenolic OH excluding ortho intramolecular Hbond substituents is 1. The topological polar surface area (TPSA) is 69.6 Å². The summed E-state index contributed by atoms with van der Waals surface area (Å²) in [5.41, 5.74) is 0.813. The lowest BCUT2D eigenvalue weighted by atomic mass is 10.1. The minimum Gasteiger partial charge on any atom is -0.506 e. The van der Waals surface area contributed by atoms with Gasteiger partial charge in [0.05, 0.1) is 10.7 Å². The van der Waals surface area contributed by atoms with Crippen molar-refractivity contribution in [1.82, 2.24) is 5.32 Å². The molecule has 0 atom stereocenters. The average molecular weight is 393 g/mol. The van der Waals surface area contributed by atoms with Crippen molar-refractivity contribution in [2.24, 2.45) is 0 Å². The highest BCUT2D eigenvalue weighted by Crippen LogP contribution is 2.27. The molecule has 0 unspecified atom stereocenters. The molecule has 2 aromatic carbocycles. The first-order valence-electron chi connectivity index (χ1n) is 7.02. The molecule has 2 amide bonds. The molecule has 0 radical (unpaired) electrons. The zero-order chi connectivity index (χ0) is 18.1. The number of rotatable bonds is 2. The van der Waals surface area contributed by atoms with Gasteiger partial charge in [0.2, 0.25) is 0 Å². The van der Waals surface area contributed by atoms with E-state index >= 15 is 0 Å². The van der Waals surface area contributed by atoms with Gasteiger partial charge in [0.1, 0.15) is 11.3 Å². The van der Waals surface area contributed by atoms with E-state index in [2.05, 4.69) is 5.32 Å². The van der Waals surface area contributed by atoms with Gasteiger partial charge in [0, 0.05) is 5.02 Å². The highest BCUT2D eigenvalue weighted by atomic mass is 35.5. The van der Waals surface area contributed by atoms with E-state index in [4.69, 9.17) is 35.4 Å². The molecule has 126 valence electrons. The molecule has 3 rings (SSSR count). The van der Waals surface area contributed by atoms with E-state index in [-0.39, 0.29) is 21.5 Å². The zero-order valence-electron chi connectivity index (χ0n) is 12.5. The normalized spacial score (nSPS) is 16.3. The molecular weight excluding hydrogens is 383 g/mol. The van der Waals surface area contributed by atoms with Crippen molar-refractivity contribution in [2.75, 3.05) is 4.90 Å². The van der Waals surface area contributed by atoms with Crippen molar-refractivity contribution in [3.8, 4) is 5.75 Å². The van der Waals surface area contributed by atoms with E-state index in [1.54, 1.807) is 24.3 Å². The van der Waals surface area contributed by atoms with Gasteiger partial charge in [-0.3, -0.25) is 19.8 Å². The quantitative estimate of drug-likeness (QED) is 0.465. The highest BCUT2D eigenvalue weighted by molar-refractivity contribution is 7.80. The SMILES string of the molecule is O=C1NC(=S)N(c2cccc(Cl)c2)C(=O)/C1=C/c1ccc(O)c(Cl)c1.